The highest BCUT2D eigenvalue weighted by atomic mass is 19.1. The third kappa shape index (κ3) is 13.9. The maximum Gasteiger partial charge on any atom is 0.407 e. The molecular formula is C62H67FN10O15. The first-order chi connectivity index (χ1) is 42.2. The molecule has 88 heavy (non-hydrogen) atoms. The molecule has 0 saturated heterocycles. The van der Waals surface area contributed by atoms with E-state index in [1.165, 1.54) is 34.9 Å². The Kier molecular flexibility index (Phi) is 19.5. The van der Waals surface area contributed by atoms with Crippen LogP contribution in [0.2, 0.25) is 0 Å². The van der Waals surface area contributed by atoms with Gasteiger partial charge in [0.1, 0.15) is 25.1 Å². The highest BCUT2D eigenvalue weighted by Crippen LogP contribution is 2.46. The fourth-order valence-corrected chi connectivity index (χ4v) is 11.3. The number of benzene rings is 3. The Balaban J connectivity index is 0.729. The number of rotatable bonds is 25. The van der Waals surface area contributed by atoms with E-state index in [1.807, 2.05) is 0 Å². The van der Waals surface area contributed by atoms with Gasteiger partial charge in [-0.2, -0.15) is 0 Å². The lowest BCUT2D eigenvalue weighted by Gasteiger charge is -2.31. The van der Waals surface area contributed by atoms with Crippen LogP contribution in [0.15, 0.2) is 83.7 Å². The van der Waals surface area contributed by atoms with Crippen LogP contribution in [0.3, 0.4) is 0 Å². The molecule has 4 aliphatic rings. The second kappa shape index (κ2) is 27.3. The van der Waals surface area contributed by atoms with Crippen molar-refractivity contribution in [1.82, 2.24) is 46.4 Å². The van der Waals surface area contributed by atoms with Gasteiger partial charge in [-0.1, -0.05) is 62.7 Å². The van der Waals surface area contributed by atoms with Crippen molar-refractivity contribution in [2.45, 2.75) is 122 Å². The fourth-order valence-electron chi connectivity index (χ4n) is 11.3. The zero-order chi connectivity index (χ0) is 63.0. The summed E-state index contributed by atoms with van der Waals surface area (Å²) in [5, 5.41) is 40.6. The number of carbonyl (C=O) groups excluding carboxylic acids is 10. The number of nitrogens with one attached hydrogen (secondary N) is 7. The number of aliphatic hydroxyl groups is 2. The van der Waals surface area contributed by atoms with Gasteiger partial charge in [-0.25, -0.2) is 19.0 Å². The Morgan fingerprint density at radius 2 is 1.53 bits per heavy atom. The minimum absolute atomic E-state index is 0.0289. The van der Waals surface area contributed by atoms with Crippen molar-refractivity contribution in [3.8, 4) is 11.4 Å². The summed E-state index contributed by atoms with van der Waals surface area (Å²) >= 11 is 0. The van der Waals surface area contributed by atoms with E-state index in [-0.39, 0.29) is 68.5 Å². The molecular weight excluding hydrogens is 1140 g/mol. The molecule has 3 aliphatic heterocycles. The number of ether oxygens (including phenoxy) is 2. The van der Waals surface area contributed by atoms with Gasteiger partial charge in [0.15, 0.2) is 5.60 Å². The molecule has 25 nitrogen and oxygen atoms in total. The molecule has 2 aromatic heterocycles. The highest BCUT2D eigenvalue weighted by molar-refractivity contribution is 6.12. The predicted octanol–water partition coefficient (Wildman–Crippen LogP) is 2.37. The number of carbonyl (C=O) groups is 10. The highest BCUT2D eigenvalue weighted by Gasteiger charge is 2.46. The molecule has 0 radical (unpaired) electrons. The summed E-state index contributed by atoms with van der Waals surface area (Å²) in [6, 6.07) is 14.9. The van der Waals surface area contributed by atoms with Gasteiger partial charge < -0.3 is 61.5 Å². The predicted molar refractivity (Wildman–Crippen MR) is 312 cm³/mol. The molecule has 0 unspecified atom stereocenters. The fraction of sp³-hybridized carbons (Fsp3) is 0.387. The molecule has 9 N–H and O–H groups in total. The molecule has 0 saturated carbocycles. The van der Waals surface area contributed by atoms with Gasteiger partial charge in [-0.05, 0) is 85.0 Å². The van der Waals surface area contributed by atoms with E-state index in [0.717, 1.165) is 4.90 Å². The van der Waals surface area contributed by atoms with Gasteiger partial charge in [-0.15, -0.1) is 0 Å². The minimum Gasteiger partial charge on any atom is -0.458 e. The number of amides is 9. The SMILES string of the molecule is CC[C@@]1(O)C(=O)OCc2c1cc1n(c2=O)Cc2c-1nc1cc(F)c(C)c3c1c2[C@@H](NC(=O)C[C@H](CO)NC(=O)OCc1ccc(NC(=O)CNC(=O)[C@@H](NC(=O)CNC(=O)CNC(=O)CCCCCN2C(=O)C=CC2=O)[C@@H](C)c2ccccc2)cc1)CC3. The third-order valence-electron chi connectivity index (χ3n) is 16.2. The smallest absolute Gasteiger partial charge is 0.407 e. The van der Waals surface area contributed by atoms with Gasteiger partial charge in [0.25, 0.3) is 17.4 Å². The Morgan fingerprint density at radius 1 is 0.830 bits per heavy atom. The summed E-state index contributed by atoms with van der Waals surface area (Å²) < 4.78 is 27.5. The Labute approximate surface area is 503 Å². The van der Waals surface area contributed by atoms with Crippen LogP contribution in [0.5, 0.6) is 0 Å². The Bertz CT molecular complexity index is 3710. The van der Waals surface area contributed by atoms with Crippen LogP contribution in [0, 0.1) is 12.7 Å². The number of imide groups is 1. The average molecular weight is 1210 g/mol. The number of nitrogens with zero attached hydrogens (tertiary/aromatic N) is 3. The van der Waals surface area contributed by atoms with Gasteiger partial charge in [0, 0.05) is 65.7 Å². The van der Waals surface area contributed by atoms with E-state index in [0.29, 0.717) is 93.5 Å². The van der Waals surface area contributed by atoms with Crippen LogP contribution in [0.4, 0.5) is 14.9 Å². The first-order valence-corrected chi connectivity index (χ1v) is 28.9. The van der Waals surface area contributed by atoms with Crippen LogP contribution >= 0.6 is 0 Å². The number of anilines is 1. The molecule has 0 spiro atoms. The number of esters is 1. The van der Waals surface area contributed by atoms with Crippen LogP contribution in [0.1, 0.15) is 115 Å². The number of hydrogen-bond donors (Lipinski definition) is 9. The topological polar surface area (TPSA) is 352 Å². The number of unbranched alkanes of at least 4 members (excludes halogenated alkanes) is 2. The number of cyclic esters (lactones) is 1. The van der Waals surface area contributed by atoms with Gasteiger partial charge in [0.2, 0.25) is 35.4 Å². The van der Waals surface area contributed by atoms with Crippen molar-refractivity contribution in [2.75, 3.05) is 38.1 Å². The molecule has 9 rings (SSSR count). The molecule has 3 aromatic carbocycles. The van der Waals surface area contributed by atoms with E-state index in [1.54, 1.807) is 69.3 Å². The average Bonchev–Trinajstić information content (AvgIpc) is 1.46. The molecule has 5 aromatic rings. The molecule has 0 bridgehead atoms. The number of aromatic nitrogens is 2. The van der Waals surface area contributed by atoms with Gasteiger partial charge in [-0.3, -0.25) is 48.1 Å². The lowest BCUT2D eigenvalue weighted by atomic mass is 9.81. The Hall–Kier alpha value is -9.69. The molecule has 26 heteroatoms. The zero-order valence-corrected chi connectivity index (χ0v) is 48.5. The number of aliphatic hydroxyl groups excluding tert-OH is 1. The van der Waals surface area contributed by atoms with Crippen molar-refractivity contribution in [1.29, 1.82) is 0 Å². The standard InChI is InChI=1S/C62H67FN10O15/c1-4-62(86)42-24-46-57-40(29-73(46)59(83)41(42)32-87-60(62)84)55-44(19-18-39-34(3)43(63)25-45(70-57)54(39)55)69-48(76)23-38(30-74)68-61(85)88-31-35-14-16-37(17-15-35)67-50(78)28-66-58(82)56(33(2)36-11-7-5-8-12-36)71-51(79)27-65-49(77)26-64-47(75)13-9-6-10-22-72-52(80)20-21-53(72)81/h5,7-8,11-12,14-17,20-21,24-25,33,38,44,56,74,86H,4,6,9-10,13,18-19,22-23,26-32H2,1-3H3,(H,64,75)(H,65,77)(H,66,82)(H,67,78)(H,68,85)(H,69,76)(H,71,79)/t33-,38+,44-,56-,62-/m0/s1. The monoisotopic (exact) mass is 1210 g/mol. The maximum atomic E-state index is 15.5. The molecule has 1 aliphatic carbocycles. The van der Waals surface area contributed by atoms with Crippen molar-refractivity contribution in [2.24, 2.45) is 0 Å². The second-order valence-electron chi connectivity index (χ2n) is 22.0. The normalized spacial score (nSPS) is 17.1. The van der Waals surface area contributed by atoms with E-state index in [9.17, 15) is 63.0 Å². The largest absolute Gasteiger partial charge is 0.458 e. The van der Waals surface area contributed by atoms with Crippen LogP contribution in [-0.2, 0) is 84.4 Å². The summed E-state index contributed by atoms with van der Waals surface area (Å²) in [5.41, 5.74) is 2.50. The lowest BCUT2D eigenvalue weighted by Crippen LogP contribution is -2.53. The number of fused-ring (bicyclic) bond motifs is 5. The first kappa shape index (κ1) is 62.8. The number of aryl methyl sites for hydroxylation is 1. The molecule has 0 fully saturated rings. The first-order valence-electron chi connectivity index (χ1n) is 28.9. The van der Waals surface area contributed by atoms with Crippen molar-refractivity contribution in [3.63, 3.8) is 0 Å². The Morgan fingerprint density at radius 3 is 2.25 bits per heavy atom. The van der Waals surface area contributed by atoms with E-state index in [2.05, 4.69) is 37.2 Å². The van der Waals surface area contributed by atoms with Crippen molar-refractivity contribution in [3.05, 3.63) is 140 Å². The number of hydrogen-bond acceptors (Lipinski definition) is 16. The van der Waals surface area contributed by atoms with Crippen molar-refractivity contribution < 1.29 is 72.0 Å². The van der Waals surface area contributed by atoms with Gasteiger partial charge in [0.05, 0.1) is 67.3 Å². The molecule has 5 atom stereocenters. The van der Waals surface area contributed by atoms with E-state index < -0.39 is 115 Å². The minimum atomic E-state index is -2.07. The van der Waals surface area contributed by atoms with E-state index in [4.69, 9.17) is 14.5 Å². The summed E-state index contributed by atoms with van der Waals surface area (Å²) in [7, 11) is 0. The second-order valence-corrected chi connectivity index (χ2v) is 22.0. The summed E-state index contributed by atoms with van der Waals surface area (Å²) in [5.74, 6) is -6.33. The number of pyridine rings is 2. The molecule has 462 valence electrons. The van der Waals surface area contributed by atoms with Crippen LogP contribution < -0.4 is 42.8 Å². The van der Waals surface area contributed by atoms with Crippen LogP contribution in [-0.4, -0.2) is 129 Å². The number of alkyl carbamates (subject to hydrolysis) is 1. The summed E-state index contributed by atoms with van der Waals surface area (Å²) in [6.45, 7) is 2.59. The maximum absolute atomic E-state index is 15.5. The van der Waals surface area contributed by atoms with Crippen LogP contribution in [0.25, 0.3) is 22.3 Å². The molecule has 9 amide bonds. The lowest BCUT2D eigenvalue weighted by molar-refractivity contribution is -0.172. The number of halogens is 1. The summed E-state index contributed by atoms with van der Waals surface area (Å²) in [6.07, 6.45) is 3.38. The van der Waals surface area contributed by atoms with E-state index >= 15 is 4.39 Å². The zero-order valence-electron chi connectivity index (χ0n) is 48.5. The van der Waals surface area contributed by atoms with Gasteiger partial charge >= 0.3 is 12.1 Å². The third-order valence-corrected chi connectivity index (χ3v) is 16.2. The summed E-state index contributed by atoms with van der Waals surface area (Å²) in [4.78, 5) is 148. The quantitative estimate of drug-likeness (QED) is 0.0226. The molecule has 5 heterocycles. The van der Waals surface area contributed by atoms with Crippen molar-refractivity contribution >= 4 is 75.9 Å².